The van der Waals surface area contributed by atoms with Crippen molar-refractivity contribution in [2.24, 2.45) is 11.7 Å². The lowest BCUT2D eigenvalue weighted by atomic mass is 10.1. The smallest absolute Gasteiger partial charge is 0.227 e. The molecule has 0 radical (unpaired) electrons. The number of benzene rings is 1. The predicted molar refractivity (Wildman–Crippen MR) is 65.4 cm³/mol. The summed E-state index contributed by atoms with van der Waals surface area (Å²) < 4.78 is 13.2. The minimum absolute atomic E-state index is 0.0471. The lowest BCUT2D eigenvalue weighted by Gasteiger charge is -2.11. The van der Waals surface area contributed by atoms with Crippen molar-refractivity contribution in [2.75, 3.05) is 5.32 Å². The maximum atomic E-state index is 13.2. The van der Waals surface area contributed by atoms with Crippen LogP contribution < -0.4 is 11.1 Å². The highest BCUT2D eigenvalue weighted by molar-refractivity contribution is 6.30. The zero-order valence-electron chi connectivity index (χ0n) is 9.25. The van der Waals surface area contributed by atoms with Crippen LogP contribution in [0.15, 0.2) is 18.2 Å². The second-order valence-corrected chi connectivity index (χ2v) is 4.80. The van der Waals surface area contributed by atoms with Crippen LogP contribution in [0.5, 0.6) is 0 Å². The Morgan fingerprint density at radius 1 is 1.47 bits per heavy atom. The van der Waals surface area contributed by atoms with Crippen LogP contribution in [0.25, 0.3) is 0 Å². The molecule has 17 heavy (non-hydrogen) atoms. The zero-order valence-corrected chi connectivity index (χ0v) is 10.0. The Balaban J connectivity index is 2.00. The third-order valence-electron chi connectivity index (χ3n) is 3.03. The van der Waals surface area contributed by atoms with Crippen molar-refractivity contribution < 1.29 is 9.18 Å². The van der Waals surface area contributed by atoms with E-state index in [4.69, 9.17) is 17.3 Å². The highest BCUT2D eigenvalue weighted by atomic mass is 35.5. The molecule has 0 saturated heterocycles. The maximum absolute atomic E-state index is 13.2. The lowest BCUT2D eigenvalue weighted by Crippen LogP contribution is -2.23. The number of rotatable bonds is 2. The molecule has 1 saturated carbocycles. The van der Waals surface area contributed by atoms with E-state index in [0.717, 1.165) is 12.8 Å². The van der Waals surface area contributed by atoms with Gasteiger partial charge >= 0.3 is 0 Å². The summed E-state index contributed by atoms with van der Waals surface area (Å²) in [5, 5.41) is 2.73. The number of hydrogen-bond donors (Lipinski definition) is 2. The van der Waals surface area contributed by atoms with E-state index in [2.05, 4.69) is 5.32 Å². The summed E-state index contributed by atoms with van der Waals surface area (Å²) in [7, 11) is 0. The second kappa shape index (κ2) is 5.02. The molecular weight excluding hydrogens is 243 g/mol. The van der Waals surface area contributed by atoms with Crippen molar-refractivity contribution >= 4 is 23.2 Å². The number of amides is 1. The number of nitrogens with one attached hydrogen (secondary N) is 1. The minimum Gasteiger partial charge on any atom is -0.328 e. The molecule has 0 spiro atoms. The van der Waals surface area contributed by atoms with Crippen molar-refractivity contribution in [1.82, 2.24) is 0 Å². The van der Waals surface area contributed by atoms with Crippen molar-refractivity contribution in [1.29, 1.82) is 0 Å². The van der Waals surface area contributed by atoms with Gasteiger partial charge < -0.3 is 11.1 Å². The number of hydrogen-bond acceptors (Lipinski definition) is 2. The molecule has 92 valence electrons. The molecule has 1 aliphatic carbocycles. The first-order chi connectivity index (χ1) is 8.06. The first kappa shape index (κ1) is 12.3. The van der Waals surface area contributed by atoms with Crippen LogP contribution in [0.2, 0.25) is 5.02 Å². The van der Waals surface area contributed by atoms with Gasteiger partial charge in [-0.05, 0) is 37.5 Å². The summed E-state index contributed by atoms with van der Waals surface area (Å²) in [5.41, 5.74) is 6.17. The van der Waals surface area contributed by atoms with Crippen molar-refractivity contribution in [3.8, 4) is 0 Å². The second-order valence-electron chi connectivity index (χ2n) is 4.39. The summed E-state index contributed by atoms with van der Waals surface area (Å²) in [6.45, 7) is 0. The van der Waals surface area contributed by atoms with Gasteiger partial charge in [-0.15, -0.1) is 0 Å². The molecule has 5 heteroatoms. The lowest BCUT2D eigenvalue weighted by molar-refractivity contribution is -0.119. The SMILES string of the molecule is N[C@@H]1CC[C@H](C(=O)Nc2ccc(Cl)c(F)c2)C1. The standard InChI is InChI=1S/C12H14ClFN2O/c13-10-4-3-9(6-11(10)14)16-12(17)7-1-2-8(15)5-7/h3-4,6-8H,1-2,5,15H2,(H,16,17)/t7-,8+/m0/s1. The van der Waals surface area contributed by atoms with Crippen LogP contribution in [0.1, 0.15) is 19.3 Å². The van der Waals surface area contributed by atoms with Crippen LogP contribution in [0, 0.1) is 11.7 Å². The maximum Gasteiger partial charge on any atom is 0.227 e. The fourth-order valence-corrected chi connectivity index (χ4v) is 2.19. The van der Waals surface area contributed by atoms with Gasteiger partial charge in [0.2, 0.25) is 5.91 Å². The average Bonchev–Trinajstić information content (AvgIpc) is 2.70. The van der Waals surface area contributed by atoms with Gasteiger partial charge in [0.15, 0.2) is 0 Å². The first-order valence-electron chi connectivity index (χ1n) is 5.58. The molecule has 0 heterocycles. The first-order valence-corrected chi connectivity index (χ1v) is 5.95. The molecule has 1 amide bonds. The van der Waals surface area contributed by atoms with Crippen molar-refractivity contribution in [3.05, 3.63) is 29.0 Å². The fraction of sp³-hybridized carbons (Fsp3) is 0.417. The molecule has 1 aromatic rings. The molecule has 2 atom stereocenters. The van der Waals surface area contributed by atoms with E-state index in [0.29, 0.717) is 12.1 Å². The fourth-order valence-electron chi connectivity index (χ4n) is 2.07. The van der Waals surface area contributed by atoms with E-state index >= 15 is 0 Å². The molecule has 1 aliphatic rings. The van der Waals surface area contributed by atoms with Crippen molar-refractivity contribution in [3.63, 3.8) is 0 Å². The van der Waals surface area contributed by atoms with Crippen LogP contribution in [-0.2, 0) is 4.79 Å². The van der Waals surface area contributed by atoms with E-state index < -0.39 is 5.82 Å². The summed E-state index contributed by atoms with van der Waals surface area (Å²) in [6, 6.07) is 4.33. The van der Waals surface area contributed by atoms with E-state index in [1.807, 2.05) is 0 Å². The van der Waals surface area contributed by atoms with Crippen LogP contribution in [0.4, 0.5) is 10.1 Å². The number of carbonyl (C=O) groups is 1. The number of nitrogens with two attached hydrogens (primary N) is 1. The quantitative estimate of drug-likeness (QED) is 0.854. The molecule has 3 N–H and O–H groups in total. The molecule has 0 bridgehead atoms. The zero-order chi connectivity index (χ0) is 12.4. The Labute approximate surface area is 104 Å². The Morgan fingerprint density at radius 3 is 2.82 bits per heavy atom. The highest BCUT2D eigenvalue weighted by Crippen LogP contribution is 2.26. The van der Waals surface area contributed by atoms with E-state index in [1.165, 1.54) is 12.1 Å². The van der Waals surface area contributed by atoms with Gasteiger partial charge in [0.05, 0.1) is 5.02 Å². The normalized spacial score (nSPS) is 23.7. The van der Waals surface area contributed by atoms with Gasteiger partial charge in [0, 0.05) is 17.6 Å². The molecule has 1 fully saturated rings. The highest BCUT2D eigenvalue weighted by Gasteiger charge is 2.27. The number of halogens is 2. The molecule has 1 aromatic carbocycles. The molecular formula is C12H14ClFN2O. The Morgan fingerprint density at radius 2 is 2.24 bits per heavy atom. The van der Waals surface area contributed by atoms with E-state index in [-0.39, 0.29) is 22.9 Å². The minimum atomic E-state index is -0.535. The van der Waals surface area contributed by atoms with Gasteiger partial charge in [-0.1, -0.05) is 11.6 Å². The van der Waals surface area contributed by atoms with Gasteiger partial charge in [-0.25, -0.2) is 4.39 Å². The van der Waals surface area contributed by atoms with E-state index in [9.17, 15) is 9.18 Å². The average molecular weight is 257 g/mol. The van der Waals surface area contributed by atoms with Gasteiger partial charge in [-0.3, -0.25) is 4.79 Å². The predicted octanol–water partition coefficient (Wildman–Crippen LogP) is 2.54. The van der Waals surface area contributed by atoms with Crippen LogP contribution in [-0.4, -0.2) is 11.9 Å². The Bertz CT molecular complexity index is 439. The van der Waals surface area contributed by atoms with Crippen LogP contribution >= 0.6 is 11.6 Å². The number of carbonyl (C=O) groups excluding carboxylic acids is 1. The van der Waals surface area contributed by atoms with Crippen LogP contribution in [0.3, 0.4) is 0 Å². The Hall–Kier alpha value is -1.13. The van der Waals surface area contributed by atoms with Gasteiger partial charge in [0.1, 0.15) is 5.82 Å². The molecule has 0 aliphatic heterocycles. The third kappa shape index (κ3) is 2.96. The third-order valence-corrected chi connectivity index (χ3v) is 3.34. The summed E-state index contributed by atoms with van der Waals surface area (Å²) in [4.78, 5) is 11.8. The molecule has 0 unspecified atom stereocenters. The van der Waals surface area contributed by atoms with Gasteiger partial charge in [0.25, 0.3) is 0 Å². The Kier molecular flexibility index (Phi) is 3.64. The van der Waals surface area contributed by atoms with E-state index in [1.54, 1.807) is 6.07 Å². The molecule has 0 aromatic heterocycles. The topological polar surface area (TPSA) is 55.1 Å². The molecule has 3 nitrogen and oxygen atoms in total. The molecule has 2 rings (SSSR count). The van der Waals surface area contributed by atoms with Gasteiger partial charge in [-0.2, -0.15) is 0 Å². The summed E-state index contributed by atoms with van der Waals surface area (Å²) in [5.74, 6) is -0.698. The number of anilines is 1. The van der Waals surface area contributed by atoms with Crippen molar-refractivity contribution in [2.45, 2.75) is 25.3 Å². The summed E-state index contributed by atoms with van der Waals surface area (Å²) in [6.07, 6.45) is 2.36. The largest absolute Gasteiger partial charge is 0.328 e. The monoisotopic (exact) mass is 256 g/mol. The summed E-state index contributed by atoms with van der Waals surface area (Å²) >= 11 is 5.56.